The number of benzene rings is 1. The maximum Gasteiger partial charge on any atom is 0.321 e. The molecule has 1 aliphatic heterocycles. The van der Waals surface area contributed by atoms with E-state index in [2.05, 4.69) is 17.1 Å². The van der Waals surface area contributed by atoms with Crippen LogP contribution in [0.1, 0.15) is 26.7 Å². The van der Waals surface area contributed by atoms with Crippen molar-refractivity contribution < 1.29 is 9.90 Å². The number of nitrogens with zero attached hydrogens (tertiary/aromatic N) is 2. The molecule has 0 spiro atoms. The highest BCUT2D eigenvalue weighted by atomic mass is 16.3. The van der Waals surface area contributed by atoms with Crippen molar-refractivity contribution in [1.82, 2.24) is 4.90 Å². The normalized spacial score (nSPS) is 17.2. The van der Waals surface area contributed by atoms with Gasteiger partial charge in [0.1, 0.15) is 0 Å². The molecule has 1 atom stereocenters. The number of aliphatic hydroxyl groups excluding tert-OH is 1. The number of urea groups is 1. The van der Waals surface area contributed by atoms with Gasteiger partial charge in [-0.3, -0.25) is 0 Å². The molecule has 1 fully saturated rings. The fourth-order valence-corrected chi connectivity index (χ4v) is 2.86. The molecule has 1 aliphatic rings. The third-order valence-electron chi connectivity index (χ3n) is 4.54. The zero-order valence-corrected chi connectivity index (χ0v) is 13.7. The number of carbonyl (C=O) groups is 1. The van der Waals surface area contributed by atoms with Gasteiger partial charge >= 0.3 is 6.03 Å². The van der Waals surface area contributed by atoms with Crippen LogP contribution in [-0.2, 0) is 0 Å². The Kier molecular flexibility index (Phi) is 5.66. The summed E-state index contributed by atoms with van der Waals surface area (Å²) in [5.74, 6) is 0.308. The lowest BCUT2D eigenvalue weighted by molar-refractivity contribution is 0.0820. The number of piperidine rings is 1. The smallest absolute Gasteiger partial charge is 0.321 e. The Balaban J connectivity index is 1.98. The van der Waals surface area contributed by atoms with Crippen LogP contribution in [0.2, 0.25) is 0 Å². The van der Waals surface area contributed by atoms with Crippen molar-refractivity contribution in [2.45, 2.75) is 32.8 Å². The number of amides is 2. The van der Waals surface area contributed by atoms with Crippen LogP contribution < -0.4 is 10.2 Å². The molecule has 1 aromatic rings. The molecule has 122 valence electrons. The molecule has 2 rings (SSSR count). The summed E-state index contributed by atoms with van der Waals surface area (Å²) in [5, 5.41) is 12.7. The number of likely N-dealkylation sites (tertiary alicyclic amines) is 1. The highest BCUT2D eigenvalue weighted by molar-refractivity contribution is 5.93. The first-order chi connectivity index (χ1) is 10.5. The van der Waals surface area contributed by atoms with E-state index in [1.165, 1.54) is 0 Å². The summed E-state index contributed by atoms with van der Waals surface area (Å²) in [5.41, 5.74) is 1.87. The van der Waals surface area contributed by atoms with Gasteiger partial charge in [0.25, 0.3) is 0 Å². The van der Waals surface area contributed by atoms with Gasteiger partial charge in [0.15, 0.2) is 0 Å². The Labute approximate surface area is 132 Å². The third-order valence-corrected chi connectivity index (χ3v) is 4.54. The molecule has 0 bridgehead atoms. The van der Waals surface area contributed by atoms with Gasteiger partial charge < -0.3 is 20.2 Å². The van der Waals surface area contributed by atoms with Gasteiger partial charge in [-0.25, -0.2) is 4.79 Å². The highest BCUT2D eigenvalue weighted by Gasteiger charge is 2.25. The third kappa shape index (κ3) is 3.91. The van der Waals surface area contributed by atoms with Gasteiger partial charge in [0.05, 0.1) is 17.5 Å². The van der Waals surface area contributed by atoms with Crippen LogP contribution in [0, 0.1) is 5.92 Å². The van der Waals surface area contributed by atoms with Gasteiger partial charge in [-0.2, -0.15) is 0 Å². The maximum atomic E-state index is 12.4. The molecule has 0 saturated carbocycles. The molecule has 2 amide bonds. The second kappa shape index (κ2) is 7.49. The number of carbonyl (C=O) groups excluding carboxylic acids is 1. The minimum absolute atomic E-state index is 0.0546. The second-order valence-electron chi connectivity index (χ2n) is 6.03. The first kappa shape index (κ1) is 16.6. The van der Waals surface area contributed by atoms with E-state index < -0.39 is 0 Å². The number of para-hydroxylation sites is 2. The minimum Gasteiger partial charge on any atom is -0.393 e. The fourth-order valence-electron chi connectivity index (χ4n) is 2.86. The van der Waals surface area contributed by atoms with E-state index in [1.807, 2.05) is 43.1 Å². The summed E-state index contributed by atoms with van der Waals surface area (Å²) in [7, 11) is 2.01. The first-order valence-corrected chi connectivity index (χ1v) is 8.07. The molecule has 22 heavy (non-hydrogen) atoms. The van der Waals surface area contributed by atoms with E-state index in [0.29, 0.717) is 19.0 Å². The van der Waals surface area contributed by atoms with Crippen LogP contribution in [0.15, 0.2) is 24.3 Å². The number of aliphatic hydroxyl groups is 1. The van der Waals surface area contributed by atoms with Gasteiger partial charge in [-0.15, -0.1) is 0 Å². The first-order valence-electron chi connectivity index (χ1n) is 8.07. The SMILES string of the molecule is CCN(C)c1ccccc1NC(=O)N1CCC(C(C)O)CC1. The molecule has 5 heteroatoms. The van der Waals surface area contributed by atoms with E-state index in [0.717, 1.165) is 30.8 Å². The number of hydrogen-bond acceptors (Lipinski definition) is 3. The van der Waals surface area contributed by atoms with Gasteiger partial charge in [0, 0.05) is 26.7 Å². The summed E-state index contributed by atoms with van der Waals surface area (Å²) in [6.45, 7) is 6.20. The lowest BCUT2D eigenvalue weighted by Gasteiger charge is -2.33. The summed E-state index contributed by atoms with van der Waals surface area (Å²) < 4.78 is 0. The number of hydrogen-bond donors (Lipinski definition) is 2. The van der Waals surface area contributed by atoms with Crippen molar-refractivity contribution in [2.24, 2.45) is 5.92 Å². The Morgan fingerprint density at radius 1 is 1.41 bits per heavy atom. The molecule has 2 N–H and O–H groups in total. The topological polar surface area (TPSA) is 55.8 Å². The number of rotatable bonds is 4. The molecule has 1 saturated heterocycles. The van der Waals surface area contributed by atoms with Crippen LogP contribution in [0.3, 0.4) is 0 Å². The minimum atomic E-state index is -0.288. The fraction of sp³-hybridized carbons (Fsp3) is 0.588. The zero-order valence-electron chi connectivity index (χ0n) is 13.7. The maximum absolute atomic E-state index is 12.4. The lowest BCUT2D eigenvalue weighted by Crippen LogP contribution is -2.43. The largest absolute Gasteiger partial charge is 0.393 e. The Morgan fingerprint density at radius 2 is 2.05 bits per heavy atom. The molecule has 1 aromatic carbocycles. The molecule has 0 radical (unpaired) electrons. The quantitative estimate of drug-likeness (QED) is 0.899. The summed E-state index contributed by atoms with van der Waals surface area (Å²) in [6, 6.07) is 7.80. The van der Waals surface area contributed by atoms with Crippen LogP contribution in [0.25, 0.3) is 0 Å². The van der Waals surface area contributed by atoms with Crippen molar-refractivity contribution >= 4 is 17.4 Å². The van der Waals surface area contributed by atoms with Crippen LogP contribution >= 0.6 is 0 Å². The highest BCUT2D eigenvalue weighted by Crippen LogP contribution is 2.26. The van der Waals surface area contributed by atoms with Crippen molar-refractivity contribution in [3.05, 3.63) is 24.3 Å². The standard InChI is InChI=1S/C17H27N3O2/c1-4-19(3)16-8-6-5-7-15(16)18-17(22)20-11-9-14(10-12-20)13(2)21/h5-8,13-14,21H,4,9-12H2,1-3H3,(H,18,22). The van der Waals surface area contributed by atoms with E-state index in [-0.39, 0.29) is 12.1 Å². The predicted octanol–water partition coefficient (Wildman–Crippen LogP) is 2.77. The molecule has 0 aliphatic carbocycles. The molecular weight excluding hydrogens is 278 g/mol. The van der Waals surface area contributed by atoms with E-state index in [9.17, 15) is 9.90 Å². The average Bonchev–Trinajstić information content (AvgIpc) is 2.54. The zero-order chi connectivity index (χ0) is 16.1. The predicted molar refractivity (Wildman–Crippen MR) is 90.4 cm³/mol. The molecule has 1 unspecified atom stereocenters. The van der Waals surface area contributed by atoms with Crippen molar-refractivity contribution in [1.29, 1.82) is 0 Å². The lowest BCUT2D eigenvalue weighted by atomic mass is 9.92. The summed E-state index contributed by atoms with van der Waals surface area (Å²) in [6.07, 6.45) is 1.44. The monoisotopic (exact) mass is 305 g/mol. The molecule has 1 heterocycles. The number of nitrogens with one attached hydrogen (secondary N) is 1. The Bertz CT molecular complexity index is 496. The average molecular weight is 305 g/mol. The van der Waals surface area contributed by atoms with Crippen molar-refractivity contribution in [3.8, 4) is 0 Å². The molecule has 5 nitrogen and oxygen atoms in total. The van der Waals surface area contributed by atoms with E-state index in [1.54, 1.807) is 0 Å². The van der Waals surface area contributed by atoms with Crippen LogP contribution in [0.5, 0.6) is 0 Å². The van der Waals surface area contributed by atoms with Gasteiger partial charge in [-0.1, -0.05) is 12.1 Å². The van der Waals surface area contributed by atoms with Crippen LogP contribution in [0.4, 0.5) is 16.2 Å². The van der Waals surface area contributed by atoms with E-state index >= 15 is 0 Å². The van der Waals surface area contributed by atoms with Crippen molar-refractivity contribution in [2.75, 3.05) is 36.9 Å². The second-order valence-corrected chi connectivity index (χ2v) is 6.03. The summed E-state index contributed by atoms with van der Waals surface area (Å²) in [4.78, 5) is 16.4. The van der Waals surface area contributed by atoms with E-state index in [4.69, 9.17) is 0 Å². The molecule has 0 aromatic heterocycles. The van der Waals surface area contributed by atoms with Gasteiger partial charge in [-0.05, 0) is 44.7 Å². The Morgan fingerprint density at radius 3 is 2.64 bits per heavy atom. The molecular formula is C17H27N3O2. The van der Waals surface area contributed by atoms with Crippen LogP contribution in [-0.4, -0.2) is 48.8 Å². The van der Waals surface area contributed by atoms with Crippen molar-refractivity contribution in [3.63, 3.8) is 0 Å². The Hall–Kier alpha value is -1.75. The number of anilines is 2. The summed E-state index contributed by atoms with van der Waals surface area (Å²) >= 11 is 0. The van der Waals surface area contributed by atoms with Gasteiger partial charge in [0.2, 0.25) is 0 Å².